The van der Waals surface area contributed by atoms with Gasteiger partial charge in [-0.05, 0) is 6.07 Å². The lowest BCUT2D eigenvalue weighted by Crippen LogP contribution is -2.17. The van der Waals surface area contributed by atoms with Crippen LogP contribution < -0.4 is 10.1 Å². The van der Waals surface area contributed by atoms with Crippen LogP contribution in [0.3, 0.4) is 0 Å². The molecule has 0 amide bonds. The fraction of sp³-hybridized carbons (Fsp3) is 0.0909. The average Bonchev–Trinajstić information content (AvgIpc) is 2.37. The van der Waals surface area contributed by atoms with E-state index in [2.05, 4.69) is 20.0 Å². The van der Waals surface area contributed by atoms with E-state index in [1.54, 1.807) is 0 Å². The van der Waals surface area contributed by atoms with Crippen molar-refractivity contribution >= 4 is 17.2 Å². The molecule has 0 fully saturated rings. The number of nitro groups is 1. The first-order valence-corrected chi connectivity index (χ1v) is 5.43. The summed E-state index contributed by atoms with van der Waals surface area (Å²) >= 11 is 0. The van der Waals surface area contributed by atoms with Gasteiger partial charge in [-0.15, -0.1) is 13.2 Å². The summed E-state index contributed by atoms with van der Waals surface area (Å²) in [5.41, 5.74) is -0.00873. The van der Waals surface area contributed by atoms with Crippen molar-refractivity contribution < 1.29 is 22.8 Å². The highest BCUT2D eigenvalue weighted by Gasteiger charge is 2.31. The molecule has 0 spiro atoms. The highest BCUT2D eigenvalue weighted by molar-refractivity contribution is 5.58. The van der Waals surface area contributed by atoms with E-state index in [-0.39, 0.29) is 17.2 Å². The zero-order valence-electron chi connectivity index (χ0n) is 10.2. The van der Waals surface area contributed by atoms with Crippen molar-refractivity contribution in [2.45, 2.75) is 6.36 Å². The van der Waals surface area contributed by atoms with Gasteiger partial charge in [0.05, 0.1) is 11.0 Å². The van der Waals surface area contributed by atoms with Crippen LogP contribution in [0.25, 0.3) is 0 Å². The van der Waals surface area contributed by atoms with Gasteiger partial charge in [-0.2, -0.15) is 0 Å². The lowest BCUT2D eigenvalue weighted by molar-refractivity contribution is -0.384. The molecule has 7 nitrogen and oxygen atoms in total. The second kappa shape index (κ2) is 5.61. The molecular weight excluding hydrogens is 293 g/mol. The van der Waals surface area contributed by atoms with Crippen molar-refractivity contribution in [3.05, 3.63) is 46.8 Å². The number of rotatable bonds is 4. The number of aromatic nitrogens is 2. The van der Waals surface area contributed by atoms with Crippen LogP contribution in [0.2, 0.25) is 0 Å². The zero-order valence-corrected chi connectivity index (χ0v) is 10.2. The van der Waals surface area contributed by atoms with Crippen LogP contribution in [0, 0.1) is 10.1 Å². The molecule has 0 unspecified atom stereocenters. The SMILES string of the molecule is O=[N+]([O-])c1ccnc(Nc2ccnc(OC(F)(F)F)c2)c1. The fourth-order valence-corrected chi connectivity index (χ4v) is 1.41. The van der Waals surface area contributed by atoms with Crippen molar-refractivity contribution in [1.82, 2.24) is 9.97 Å². The minimum Gasteiger partial charge on any atom is -0.388 e. The fourth-order valence-electron chi connectivity index (χ4n) is 1.41. The predicted molar refractivity (Wildman–Crippen MR) is 65.1 cm³/mol. The molecule has 0 aliphatic rings. The molecular formula is C11H7F3N4O3. The van der Waals surface area contributed by atoms with Crippen molar-refractivity contribution in [2.24, 2.45) is 0 Å². The third-order valence-corrected chi connectivity index (χ3v) is 2.18. The van der Waals surface area contributed by atoms with E-state index < -0.39 is 17.2 Å². The molecule has 0 bridgehead atoms. The van der Waals surface area contributed by atoms with Gasteiger partial charge in [-0.3, -0.25) is 10.1 Å². The second-order valence-corrected chi connectivity index (χ2v) is 3.71. The zero-order chi connectivity index (χ0) is 15.5. The molecule has 0 atom stereocenters. The van der Waals surface area contributed by atoms with E-state index in [1.165, 1.54) is 18.3 Å². The van der Waals surface area contributed by atoms with E-state index in [9.17, 15) is 23.3 Å². The van der Waals surface area contributed by atoms with Crippen LogP contribution in [0.4, 0.5) is 30.4 Å². The Hall–Kier alpha value is -2.91. The van der Waals surface area contributed by atoms with Gasteiger partial charge in [0.2, 0.25) is 5.88 Å². The minimum atomic E-state index is -4.85. The van der Waals surface area contributed by atoms with Gasteiger partial charge >= 0.3 is 6.36 Å². The summed E-state index contributed by atoms with van der Waals surface area (Å²) in [5.74, 6) is -0.550. The van der Waals surface area contributed by atoms with Crippen molar-refractivity contribution in [3.63, 3.8) is 0 Å². The number of nitrogens with one attached hydrogen (secondary N) is 1. The molecule has 110 valence electrons. The Balaban J connectivity index is 2.18. The maximum Gasteiger partial charge on any atom is 0.574 e. The number of ether oxygens (including phenoxy) is 1. The van der Waals surface area contributed by atoms with Crippen molar-refractivity contribution in [1.29, 1.82) is 0 Å². The van der Waals surface area contributed by atoms with E-state index >= 15 is 0 Å². The van der Waals surface area contributed by atoms with Crippen LogP contribution >= 0.6 is 0 Å². The van der Waals surface area contributed by atoms with Crippen LogP contribution in [0.5, 0.6) is 5.88 Å². The Morgan fingerprint density at radius 3 is 2.57 bits per heavy atom. The smallest absolute Gasteiger partial charge is 0.388 e. The highest BCUT2D eigenvalue weighted by atomic mass is 19.4. The normalized spacial score (nSPS) is 11.0. The molecule has 0 aliphatic heterocycles. The molecule has 2 rings (SSSR count). The summed E-state index contributed by atoms with van der Waals surface area (Å²) < 4.78 is 39.9. The Bertz CT molecular complexity index is 663. The van der Waals surface area contributed by atoms with Gasteiger partial charge in [0, 0.05) is 30.2 Å². The third kappa shape index (κ3) is 4.30. The molecule has 21 heavy (non-hydrogen) atoms. The van der Waals surface area contributed by atoms with Gasteiger partial charge < -0.3 is 10.1 Å². The topological polar surface area (TPSA) is 90.2 Å². The van der Waals surface area contributed by atoms with Gasteiger partial charge in [0.15, 0.2) is 0 Å². The average molecular weight is 300 g/mol. The summed E-state index contributed by atoms with van der Waals surface area (Å²) in [6.45, 7) is 0. The van der Waals surface area contributed by atoms with Crippen LogP contribution in [-0.2, 0) is 0 Å². The van der Waals surface area contributed by atoms with Crippen LogP contribution in [0.1, 0.15) is 0 Å². The van der Waals surface area contributed by atoms with E-state index in [0.717, 1.165) is 18.3 Å². The number of alkyl halides is 3. The summed E-state index contributed by atoms with van der Waals surface area (Å²) in [7, 11) is 0. The molecule has 0 aromatic carbocycles. The lowest BCUT2D eigenvalue weighted by atomic mass is 10.3. The van der Waals surface area contributed by atoms with Crippen molar-refractivity contribution in [2.75, 3.05) is 5.32 Å². The maximum absolute atomic E-state index is 12.1. The molecule has 2 heterocycles. The second-order valence-electron chi connectivity index (χ2n) is 3.71. The first-order chi connectivity index (χ1) is 9.83. The predicted octanol–water partition coefficient (Wildman–Crippen LogP) is 3.03. The molecule has 0 saturated carbocycles. The van der Waals surface area contributed by atoms with Gasteiger partial charge in [0.25, 0.3) is 5.69 Å². The minimum absolute atomic E-state index is 0.105. The molecule has 0 radical (unpaired) electrons. The number of nitrogens with zero attached hydrogens (tertiary/aromatic N) is 3. The number of hydrogen-bond donors (Lipinski definition) is 1. The number of pyridine rings is 2. The highest BCUT2D eigenvalue weighted by Crippen LogP contribution is 2.25. The first kappa shape index (κ1) is 14.5. The quantitative estimate of drug-likeness (QED) is 0.689. The number of halogens is 3. The summed E-state index contributed by atoms with van der Waals surface area (Å²) in [6, 6.07) is 4.69. The Morgan fingerprint density at radius 2 is 1.90 bits per heavy atom. The number of hydrogen-bond acceptors (Lipinski definition) is 6. The van der Waals surface area contributed by atoms with Gasteiger partial charge in [0.1, 0.15) is 5.82 Å². The van der Waals surface area contributed by atoms with Gasteiger partial charge in [-0.25, -0.2) is 9.97 Å². The number of anilines is 2. The maximum atomic E-state index is 12.1. The van der Waals surface area contributed by atoms with E-state index in [4.69, 9.17) is 0 Å². The molecule has 1 N–H and O–H groups in total. The largest absolute Gasteiger partial charge is 0.574 e. The van der Waals surface area contributed by atoms with E-state index in [1.807, 2.05) is 0 Å². The van der Waals surface area contributed by atoms with Crippen LogP contribution in [0.15, 0.2) is 36.7 Å². The standard InChI is InChI=1S/C11H7F3N4O3/c12-11(13,14)21-10-5-7(1-3-16-10)17-9-6-8(18(19)20)2-4-15-9/h1-6H,(H,15,16,17). The Kier molecular flexibility index (Phi) is 3.87. The molecule has 0 saturated heterocycles. The Morgan fingerprint density at radius 1 is 1.19 bits per heavy atom. The van der Waals surface area contributed by atoms with E-state index in [0.29, 0.717) is 0 Å². The summed E-state index contributed by atoms with van der Waals surface area (Å²) in [6.07, 6.45) is -2.55. The Labute approximate surface area is 115 Å². The summed E-state index contributed by atoms with van der Waals surface area (Å²) in [5, 5.41) is 13.2. The van der Waals surface area contributed by atoms with Crippen molar-refractivity contribution in [3.8, 4) is 5.88 Å². The van der Waals surface area contributed by atoms with Gasteiger partial charge in [-0.1, -0.05) is 0 Å². The monoisotopic (exact) mass is 300 g/mol. The molecule has 0 aliphatic carbocycles. The molecule has 10 heteroatoms. The summed E-state index contributed by atoms with van der Waals surface area (Å²) in [4.78, 5) is 17.2. The first-order valence-electron chi connectivity index (χ1n) is 5.43. The third-order valence-electron chi connectivity index (χ3n) is 2.18. The molecule has 2 aromatic heterocycles. The lowest BCUT2D eigenvalue weighted by Gasteiger charge is -2.09. The van der Waals surface area contributed by atoms with Crippen LogP contribution in [-0.4, -0.2) is 21.3 Å². The molecule has 2 aromatic rings.